The van der Waals surface area contributed by atoms with Gasteiger partial charge in [0.1, 0.15) is 18.5 Å². The van der Waals surface area contributed by atoms with Gasteiger partial charge in [0, 0.05) is 6.54 Å². The van der Waals surface area contributed by atoms with Crippen molar-refractivity contribution in [1.82, 2.24) is 5.32 Å². The molecule has 118 valence electrons. The van der Waals surface area contributed by atoms with Gasteiger partial charge in [0.25, 0.3) is 0 Å². The number of nitrogens with one attached hydrogen (secondary N) is 1. The summed E-state index contributed by atoms with van der Waals surface area (Å²) >= 11 is 0. The average molecular weight is 294 g/mol. The Hall–Kier alpha value is -1.59. The molecule has 2 unspecified atom stereocenters. The third-order valence-corrected chi connectivity index (χ3v) is 3.32. The molecule has 0 radical (unpaired) electrons. The van der Waals surface area contributed by atoms with Crippen molar-refractivity contribution < 1.29 is 14.6 Å². The molecule has 0 bridgehead atoms. The highest BCUT2D eigenvalue weighted by Crippen LogP contribution is 2.19. The monoisotopic (exact) mass is 294 g/mol. The SMILES string of the molecule is Cc1ccc(C)c(OCC(O)CNC(C(N)=O)C(C)C)c1. The van der Waals surface area contributed by atoms with Crippen LogP contribution in [0.15, 0.2) is 18.2 Å². The van der Waals surface area contributed by atoms with Gasteiger partial charge < -0.3 is 20.9 Å². The molecule has 5 nitrogen and oxygen atoms in total. The van der Waals surface area contributed by atoms with E-state index in [1.807, 2.05) is 45.9 Å². The maximum atomic E-state index is 11.3. The van der Waals surface area contributed by atoms with Gasteiger partial charge in [-0.25, -0.2) is 0 Å². The topological polar surface area (TPSA) is 84.6 Å². The number of hydrogen-bond acceptors (Lipinski definition) is 4. The van der Waals surface area contributed by atoms with Crippen LogP contribution in [0.25, 0.3) is 0 Å². The standard InChI is InChI=1S/C16H26N2O3/c1-10(2)15(16(17)20)18-8-13(19)9-21-14-7-11(3)5-6-12(14)4/h5-7,10,13,15,18-19H,8-9H2,1-4H3,(H2,17,20). The second kappa shape index (κ2) is 8.00. The van der Waals surface area contributed by atoms with Crippen LogP contribution >= 0.6 is 0 Å². The summed E-state index contributed by atoms with van der Waals surface area (Å²) in [6.45, 7) is 8.19. The van der Waals surface area contributed by atoms with E-state index in [0.717, 1.165) is 16.9 Å². The normalized spacial score (nSPS) is 14.0. The Morgan fingerprint density at radius 1 is 1.38 bits per heavy atom. The number of nitrogens with two attached hydrogens (primary N) is 1. The lowest BCUT2D eigenvalue weighted by atomic mass is 10.0. The summed E-state index contributed by atoms with van der Waals surface area (Å²) < 4.78 is 5.63. The summed E-state index contributed by atoms with van der Waals surface area (Å²) in [4.78, 5) is 11.3. The lowest BCUT2D eigenvalue weighted by Crippen LogP contribution is -2.48. The van der Waals surface area contributed by atoms with Crippen LogP contribution in [0.2, 0.25) is 0 Å². The maximum absolute atomic E-state index is 11.3. The molecule has 0 aliphatic rings. The van der Waals surface area contributed by atoms with Crippen molar-refractivity contribution in [3.63, 3.8) is 0 Å². The van der Waals surface area contributed by atoms with Crippen LogP contribution in [-0.4, -0.2) is 36.3 Å². The Kier molecular flexibility index (Phi) is 6.65. The summed E-state index contributed by atoms with van der Waals surface area (Å²) in [6.07, 6.45) is -0.703. The van der Waals surface area contributed by atoms with E-state index in [1.54, 1.807) is 0 Å². The minimum absolute atomic E-state index is 0.0784. The lowest BCUT2D eigenvalue weighted by Gasteiger charge is -2.21. The highest BCUT2D eigenvalue weighted by molar-refractivity contribution is 5.80. The van der Waals surface area contributed by atoms with Crippen molar-refractivity contribution in [3.8, 4) is 5.75 Å². The van der Waals surface area contributed by atoms with Crippen LogP contribution in [0.1, 0.15) is 25.0 Å². The average Bonchev–Trinajstić information content (AvgIpc) is 2.39. The van der Waals surface area contributed by atoms with Gasteiger partial charge >= 0.3 is 0 Å². The summed E-state index contributed by atoms with van der Waals surface area (Å²) in [5.41, 5.74) is 7.45. The fraction of sp³-hybridized carbons (Fsp3) is 0.562. The first-order valence-corrected chi connectivity index (χ1v) is 7.22. The molecule has 0 aromatic heterocycles. The van der Waals surface area contributed by atoms with E-state index in [-0.39, 0.29) is 19.1 Å². The molecular formula is C16H26N2O3. The molecule has 0 spiro atoms. The number of benzene rings is 1. The largest absolute Gasteiger partial charge is 0.491 e. The van der Waals surface area contributed by atoms with E-state index in [4.69, 9.17) is 10.5 Å². The van der Waals surface area contributed by atoms with Crippen LogP contribution in [-0.2, 0) is 4.79 Å². The number of rotatable bonds is 8. The predicted molar refractivity (Wildman–Crippen MR) is 83.2 cm³/mol. The van der Waals surface area contributed by atoms with Crippen LogP contribution in [0, 0.1) is 19.8 Å². The number of aryl methyl sites for hydroxylation is 2. The second-order valence-electron chi connectivity index (χ2n) is 5.77. The molecule has 5 heteroatoms. The number of carbonyl (C=O) groups excluding carboxylic acids is 1. The molecule has 0 heterocycles. The highest BCUT2D eigenvalue weighted by Gasteiger charge is 2.20. The number of carbonyl (C=O) groups is 1. The quantitative estimate of drug-likeness (QED) is 0.671. The molecule has 1 amide bonds. The van der Waals surface area contributed by atoms with E-state index in [9.17, 15) is 9.90 Å². The molecule has 4 N–H and O–H groups in total. The highest BCUT2D eigenvalue weighted by atomic mass is 16.5. The van der Waals surface area contributed by atoms with Gasteiger partial charge in [0.15, 0.2) is 0 Å². The third-order valence-electron chi connectivity index (χ3n) is 3.32. The Morgan fingerprint density at radius 3 is 2.62 bits per heavy atom. The van der Waals surface area contributed by atoms with Crippen molar-refractivity contribution in [2.75, 3.05) is 13.2 Å². The minimum Gasteiger partial charge on any atom is -0.491 e. The van der Waals surface area contributed by atoms with Crippen LogP contribution < -0.4 is 15.8 Å². The number of hydrogen-bond donors (Lipinski definition) is 3. The van der Waals surface area contributed by atoms with Gasteiger partial charge in [-0.2, -0.15) is 0 Å². The molecule has 0 aliphatic carbocycles. The Balaban J connectivity index is 2.45. The van der Waals surface area contributed by atoms with Crippen molar-refractivity contribution in [1.29, 1.82) is 0 Å². The Bertz CT molecular complexity index is 475. The van der Waals surface area contributed by atoms with Gasteiger partial charge in [-0.05, 0) is 37.0 Å². The fourth-order valence-corrected chi connectivity index (χ4v) is 2.04. The summed E-state index contributed by atoms with van der Waals surface area (Å²) in [7, 11) is 0. The molecule has 21 heavy (non-hydrogen) atoms. The molecule has 2 atom stereocenters. The van der Waals surface area contributed by atoms with Gasteiger partial charge in [0.05, 0.1) is 6.04 Å². The fourth-order valence-electron chi connectivity index (χ4n) is 2.04. The third kappa shape index (κ3) is 5.73. The van der Waals surface area contributed by atoms with Gasteiger partial charge in [0.2, 0.25) is 5.91 Å². The molecule has 1 aromatic rings. The van der Waals surface area contributed by atoms with Gasteiger partial charge in [-0.3, -0.25) is 4.79 Å². The zero-order valence-electron chi connectivity index (χ0n) is 13.2. The summed E-state index contributed by atoms with van der Waals surface area (Å²) in [5, 5.41) is 12.9. The number of aliphatic hydroxyl groups excluding tert-OH is 1. The van der Waals surface area contributed by atoms with E-state index >= 15 is 0 Å². The molecule has 1 rings (SSSR count). The van der Waals surface area contributed by atoms with Crippen LogP contribution in [0.5, 0.6) is 5.75 Å². The molecule has 0 fully saturated rings. The number of primary amides is 1. The first-order valence-electron chi connectivity index (χ1n) is 7.22. The molecule has 0 saturated heterocycles. The van der Waals surface area contributed by atoms with E-state index in [2.05, 4.69) is 5.32 Å². The van der Waals surface area contributed by atoms with Crippen molar-refractivity contribution in [2.45, 2.75) is 39.8 Å². The van der Waals surface area contributed by atoms with Crippen molar-refractivity contribution in [3.05, 3.63) is 29.3 Å². The molecule has 1 aromatic carbocycles. The first-order chi connectivity index (χ1) is 9.81. The lowest BCUT2D eigenvalue weighted by molar-refractivity contribution is -0.121. The van der Waals surface area contributed by atoms with Crippen LogP contribution in [0.3, 0.4) is 0 Å². The predicted octanol–water partition coefficient (Wildman–Crippen LogP) is 1.14. The smallest absolute Gasteiger partial charge is 0.234 e. The number of ether oxygens (including phenoxy) is 1. The van der Waals surface area contributed by atoms with E-state index in [1.165, 1.54) is 0 Å². The van der Waals surface area contributed by atoms with Crippen molar-refractivity contribution >= 4 is 5.91 Å². The van der Waals surface area contributed by atoms with E-state index < -0.39 is 18.1 Å². The molecular weight excluding hydrogens is 268 g/mol. The Labute approximate surface area is 126 Å². The zero-order chi connectivity index (χ0) is 16.0. The van der Waals surface area contributed by atoms with Crippen LogP contribution in [0.4, 0.5) is 0 Å². The maximum Gasteiger partial charge on any atom is 0.234 e. The summed E-state index contributed by atoms with van der Waals surface area (Å²) in [5.74, 6) is 0.437. The van der Waals surface area contributed by atoms with Gasteiger partial charge in [-0.1, -0.05) is 26.0 Å². The van der Waals surface area contributed by atoms with Gasteiger partial charge in [-0.15, -0.1) is 0 Å². The van der Waals surface area contributed by atoms with E-state index in [0.29, 0.717) is 0 Å². The minimum atomic E-state index is -0.703. The number of aliphatic hydroxyl groups is 1. The van der Waals surface area contributed by atoms with Crippen molar-refractivity contribution in [2.24, 2.45) is 11.7 Å². The molecule has 0 saturated carbocycles. The zero-order valence-corrected chi connectivity index (χ0v) is 13.2. The second-order valence-corrected chi connectivity index (χ2v) is 5.77. The number of amides is 1. The Morgan fingerprint density at radius 2 is 2.05 bits per heavy atom. The first kappa shape index (κ1) is 17.5. The summed E-state index contributed by atoms with van der Waals surface area (Å²) in [6, 6.07) is 5.49. The molecule has 0 aliphatic heterocycles.